The minimum atomic E-state index is -0.191. The van der Waals surface area contributed by atoms with E-state index < -0.39 is 0 Å². The molecule has 1 fully saturated rings. The smallest absolute Gasteiger partial charge is 0.322 e. The number of nitrogens with one attached hydrogen (secondary N) is 1. The largest absolute Gasteiger partial charge is 0.469 e. The van der Waals surface area contributed by atoms with Crippen LogP contribution in [0.4, 0.5) is 10.5 Å². The molecule has 0 aliphatic carbocycles. The van der Waals surface area contributed by atoms with Gasteiger partial charge in [0.15, 0.2) is 0 Å². The lowest BCUT2D eigenvalue weighted by Crippen LogP contribution is -2.36. The van der Waals surface area contributed by atoms with Gasteiger partial charge in [-0.15, -0.1) is 0 Å². The Labute approximate surface area is 125 Å². The summed E-state index contributed by atoms with van der Waals surface area (Å²) in [7, 11) is 1.41. The number of rotatable bonds is 6. The molecule has 2 amide bonds. The van der Waals surface area contributed by atoms with Crippen LogP contribution in [-0.4, -0.2) is 31.7 Å². The fraction of sp³-hybridized carbons (Fsp3) is 0.500. The summed E-state index contributed by atoms with van der Waals surface area (Å²) in [6.07, 6.45) is 2.31. The van der Waals surface area contributed by atoms with Crippen LogP contribution in [0.15, 0.2) is 30.3 Å². The zero-order chi connectivity index (χ0) is 15.2. The molecule has 1 aliphatic heterocycles. The first kappa shape index (κ1) is 15.4. The first-order valence-electron chi connectivity index (χ1n) is 7.37. The van der Waals surface area contributed by atoms with Gasteiger partial charge in [-0.1, -0.05) is 31.5 Å². The van der Waals surface area contributed by atoms with Crippen LogP contribution in [-0.2, 0) is 9.53 Å². The number of hydrogen-bond donors (Lipinski definition) is 1. The normalized spacial score (nSPS) is 19.2. The third kappa shape index (κ3) is 3.54. The van der Waals surface area contributed by atoms with E-state index in [9.17, 15) is 9.59 Å². The number of methoxy groups -OCH3 is 1. The molecular weight excluding hydrogens is 268 g/mol. The topological polar surface area (TPSA) is 58.6 Å². The number of urea groups is 1. The van der Waals surface area contributed by atoms with Crippen LogP contribution in [0.1, 0.15) is 26.2 Å². The Morgan fingerprint density at radius 1 is 1.43 bits per heavy atom. The highest BCUT2D eigenvalue weighted by molar-refractivity contribution is 5.95. The monoisotopic (exact) mass is 290 g/mol. The number of anilines is 1. The van der Waals surface area contributed by atoms with Gasteiger partial charge < -0.3 is 10.1 Å². The van der Waals surface area contributed by atoms with E-state index in [4.69, 9.17) is 4.74 Å². The molecule has 0 radical (unpaired) electrons. The summed E-state index contributed by atoms with van der Waals surface area (Å²) < 4.78 is 4.88. The number of hydrogen-bond acceptors (Lipinski definition) is 3. The van der Waals surface area contributed by atoms with E-state index in [0.717, 1.165) is 18.5 Å². The van der Waals surface area contributed by atoms with Crippen LogP contribution in [0.25, 0.3) is 0 Å². The van der Waals surface area contributed by atoms with E-state index in [2.05, 4.69) is 5.32 Å². The fourth-order valence-electron chi connectivity index (χ4n) is 2.83. The summed E-state index contributed by atoms with van der Waals surface area (Å²) >= 11 is 0. The summed E-state index contributed by atoms with van der Waals surface area (Å²) in [4.78, 5) is 25.7. The average Bonchev–Trinajstić information content (AvgIpc) is 2.87. The number of ether oxygens (including phenoxy) is 1. The van der Waals surface area contributed by atoms with E-state index in [1.165, 1.54) is 7.11 Å². The van der Waals surface area contributed by atoms with Gasteiger partial charge in [-0.3, -0.25) is 9.69 Å². The molecule has 0 bridgehead atoms. The van der Waals surface area contributed by atoms with Crippen molar-refractivity contribution in [3.05, 3.63) is 30.3 Å². The Balaban J connectivity index is 2.14. The molecule has 5 nitrogen and oxygen atoms in total. The van der Waals surface area contributed by atoms with Gasteiger partial charge in [0.2, 0.25) is 0 Å². The lowest BCUT2D eigenvalue weighted by atomic mass is 9.95. The van der Waals surface area contributed by atoms with Gasteiger partial charge in [-0.25, -0.2) is 4.79 Å². The van der Waals surface area contributed by atoms with Crippen LogP contribution in [0, 0.1) is 5.92 Å². The van der Waals surface area contributed by atoms with Crippen molar-refractivity contribution in [2.24, 2.45) is 5.92 Å². The molecule has 2 unspecified atom stereocenters. The van der Waals surface area contributed by atoms with E-state index in [1.54, 1.807) is 4.90 Å². The number of para-hydroxylation sites is 1. The molecule has 1 heterocycles. The van der Waals surface area contributed by atoms with E-state index in [-0.39, 0.29) is 24.0 Å². The number of amides is 2. The summed E-state index contributed by atoms with van der Waals surface area (Å²) in [6.45, 7) is 2.61. The van der Waals surface area contributed by atoms with Crippen molar-refractivity contribution in [2.45, 2.75) is 32.2 Å². The van der Waals surface area contributed by atoms with Crippen LogP contribution in [0.2, 0.25) is 0 Å². The molecule has 2 rings (SSSR count). The summed E-state index contributed by atoms with van der Waals surface area (Å²) in [5.41, 5.74) is 0.859. The molecule has 0 aromatic heterocycles. The van der Waals surface area contributed by atoms with Crippen molar-refractivity contribution in [3.63, 3.8) is 0 Å². The van der Waals surface area contributed by atoms with Crippen molar-refractivity contribution >= 4 is 17.7 Å². The second-order valence-electron chi connectivity index (χ2n) is 5.29. The van der Waals surface area contributed by atoms with E-state index in [1.807, 2.05) is 37.3 Å². The van der Waals surface area contributed by atoms with E-state index >= 15 is 0 Å². The van der Waals surface area contributed by atoms with Gasteiger partial charge in [-0.2, -0.15) is 0 Å². The van der Waals surface area contributed by atoms with Gasteiger partial charge in [0.25, 0.3) is 0 Å². The highest BCUT2D eigenvalue weighted by atomic mass is 16.5. The maximum atomic E-state index is 12.1. The third-order valence-corrected chi connectivity index (χ3v) is 3.84. The van der Waals surface area contributed by atoms with Gasteiger partial charge in [0, 0.05) is 12.2 Å². The SMILES string of the molecule is CCCC(CC1CNC(=O)N1c1ccccc1)C(=O)OC. The Morgan fingerprint density at radius 3 is 2.76 bits per heavy atom. The summed E-state index contributed by atoms with van der Waals surface area (Å²) in [5, 5.41) is 2.86. The number of benzene rings is 1. The minimum absolute atomic E-state index is 0.0180. The van der Waals surface area contributed by atoms with Gasteiger partial charge >= 0.3 is 12.0 Å². The average molecular weight is 290 g/mol. The Kier molecular flexibility index (Phi) is 5.20. The zero-order valence-corrected chi connectivity index (χ0v) is 12.5. The molecule has 1 aromatic rings. The molecule has 0 spiro atoms. The highest BCUT2D eigenvalue weighted by Crippen LogP contribution is 2.26. The molecule has 114 valence electrons. The first-order chi connectivity index (χ1) is 10.2. The minimum Gasteiger partial charge on any atom is -0.469 e. The van der Waals surface area contributed by atoms with Crippen LogP contribution in [0.5, 0.6) is 0 Å². The molecule has 1 aliphatic rings. The second-order valence-corrected chi connectivity index (χ2v) is 5.29. The molecule has 5 heteroatoms. The second kappa shape index (κ2) is 7.11. The number of carbonyl (C=O) groups is 2. The number of esters is 1. The lowest BCUT2D eigenvalue weighted by molar-refractivity contribution is -0.146. The Morgan fingerprint density at radius 2 is 2.14 bits per heavy atom. The van der Waals surface area contributed by atoms with Crippen molar-refractivity contribution < 1.29 is 14.3 Å². The molecule has 1 aromatic carbocycles. The van der Waals surface area contributed by atoms with E-state index in [0.29, 0.717) is 13.0 Å². The maximum Gasteiger partial charge on any atom is 0.322 e. The first-order valence-corrected chi connectivity index (χ1v) is 7.37. The molecule has 2 atom stereocenters. The van der Waals surface area contributed by atoms with Gasteiger partial charge in [0.05, 0.1) is 19.1 Å². The number of carbonyl (C=O) groups excluding carboxylic acids is 2. The van der Waals surface area contributed by atoms with Gasteiger partial charge in [0.1, 0.15) is 0 Å². The maximum absolute atomic E-state index is 12.1. The van der Waals surface area contributed by atoms with Crippen LogP contribution in [0.3, 0.4) is 0 Å². The molecule has 0 saturated carbocycles. The fourth-order valence-corrected chi connectivity index (χ4v) is 2.83. The number of nitrogens with zero attached hydrogens (tertiary/aromatic N) is 1. The predicted octanol–water partition coefficient (Wildman–Crippen LogP) is 2.56. The molecule has 1 N–H and O–H groups in total. The highest BCUT2D eigenvalue weighted by Gasteiger charge is 2.35. The Hall–Kier alpha value is -2.04. The standard InChI is InChI=1S/C16H22N2O3/c1-3-7-12(15(19)21-2)10-14-11-17-16(20)18(14)13-8-5-4-6-9-13/h4-6,8-9,12,14H,3,7,10-11H2,1-2H3,(H,17,20). The summed E-state index contributed by atoms with van der Waals surface area (Å²) in [6, 6.07) is 9.42. The lowest BCUT2D eigenvalue weighted by Gasteiger charge is -2.26. The summed E-state index contributed by atoms with van der Waals surface area (Å²) in [5.74, 6) is -0.354. The predicted molar refractivity (Wildman–Crippen MR) is 81.1 cm³/mol. The Bertz CT molecular complexity index is 490. The zero-order valence-electron chi connectivity index (χ0n) is 12.5. The molecular formula is C16H22N2O3. The third-order valence-electron chi connectivity index (χ3n) is 3.84. The van der Waals surface area contributed by atoms with Crippen LogP contribution < -0.4 is 10.2 Å². The van der Waals surface area contributed by atoms with Crippen LogP contribution >= 0.6 is 0 Å². The van der Waals surface area contributed by atoms with Crippen molar-refractivity contribution in [2.75, 3.05) is 18.6 Å². The molecule has 21 heavy (non-hydrogen) atoms. The van der Waals surface area contributed by atoms with Crippen molar-refractivity contribution in [3.8, 4) is 0 Å². The quantitative estimate of drug-likeness (QED) is 0.819. The molecule has 1 saturated heterocycles. The van der Waals surface area contributed by atoms with Crippen molar-refractivity contribution in [1.82, 2.24) is 5.32 Å². The van der Waals surface area contributed by atoms with Gasteiger partial charge in [-0.05, 0) is 25.0 Å². The van der Waals surface area contributed by atoms with Crippen molar-refractivity contribution in [1.29, 1.82) is 0 Å².